The smallest absolute Gasteiger partial charge is 0.330 e. The number of fused-ring (bicyclic) bond motifs is 2. The van der Waals surface area contributed by atoms with Crippen LogP contribution in [0.2, 0.25) is 0 Å². The lowest BCUT2D eigenvalue weighted by Crippen LogP contribution is -2.41. The number of nitrogens with zero attached hydrogens (tertiary/aromatic N) is 1. The largest absolute Gasteiger partial charge is 0.489 e. The molecule has 0 amide bonds. The number of aromatic amines is 1. The van der Waals surface area contributed by atoms with Crippen molar-refractivity contribution in [3.8, 4) is 5.75 Å². The molecule has 0 aliphatic carbocycles. The molecule has 1 heterocycles. The van der Waals surface area contributed by atoms with Gasteiger partial charge >= 0.3 is 11.9 Å². The Morgan fingerprint density at radius 3 is 2.40 bits per heavy atom. The fraction of sp³-hybridized carbons (Fsp3) is 0.312. The molecule has 10 heteroatoms. The number of anilines is 1. The normalized spacial score (nSPS) is 12.4. The molecule has 42 heavy (non-hydrogen) atoms. The number of H-pyrrole nitrogens is 1. The highest BCUT2D eigenvalue weighted by Gasteiger charge is 2.40. The Morgan fingerprint density at radius 1 is 0.952 bits per heavy atom. The van der Waals surface area contributed by atoms with Gasteiger partial charge in [0.15, 0.2) is 5.82 Å². The Morgan fingerprint density at radius 2 is 1.67 bits per heavy atom. The molecule has 1 atom stereocenters. The van der Waals surface area contributed by atoms with Crippen molar-refractivity contribution in [2.24, 2.45) is 5.41 Å². The third-order valence-electron chi connectivity index (χ3n) is 7.13. The summed E-state index contributed by atoms with van der Waals surface area (Å²) in [6.45, 7) is 4.93. The Kier molecular flexibility index (Phi) is 9.93. The number of esters is 2. The number of carbonyl (C=O) groups is 2. The van der Waals surface area contributed by atoms with Crippen LogP contribution in [0.4, 0.5) is 5.82 Å². The van der Waals surface area contributed by atoms with Crippen LogP contribution in [0.5, 0.6) is 5.75 Å². The van der Waals surface area contributed by atoms with Crippen molar-refractivity contribution in [3.63, 3.8) is 0 Å². The van der Waals surface area contributed by atoms with Gasteiger partial charge in [-0.2, -0.15) is 5.10 Å². The van der Waals surface area contributed by atoms with Crippen LogP contribution in [0.1, 0.15) is 31.9 Å². The molecule has 0 spiro atoms. The van der Waals surface area contributed by atoms with E-state index in [1.54, 1.807) is 12.1 Å². The van der Waals surface area contributed by atoms with E-state index in [9.17, 15) is 14.4 Å². The van der Waals surface area contributed by atoms with Crippen molar-refractivity contribution < 1.29 is 23.8 Å². The van der Waals surface area contributed by atoms with Gasteiger partial charge in [0.25, 0.3) is 5.56 Å². The van der Waals surface area contributed by atoms with Crippen molar-refractivity contribution >= 4 is 39.3 Å². The van der Waals surface area contributed by atoms with Gasteiger partial charge in [-0.05, 0) is 55.8 Å². The van der Waals surface area contributed by atoms with Crippen molar-refractivity contribution in [2.45, 2.75) is 26.3 Å². The number of rotatable bonds is 13. The predicted octanol–water partition coefficient (Wildman–Crippen LogP) is 4.52. The highest BCUT2D eigenvalue weighted by molar-refractivity contribution is 5.91. The molecule has 0 bridgehead atoms. The maximum Gasteiger partial charge on any atom is 0.330 e. The molecule has 1 unspecified atom stereocenters. The fourth-order valence-corrected chi connectivity index (χ4v) is 4.94. The third kappa shape index (κ3) is 6.77. The van der Waals surface area contributed by atoms with Crippen LogP contribution < -0.4 is 20.9 Å². The number of ether oxygens (including phenoxy) is 3. The van der Waals surface area contributed by atoms with Crippen LogP contribution in [0.3, 0.4) is 0 Å². The van der Waals surface area contributed by atoms with Crippen LogP contribution in [0, 0.1) is 5.41 Å². The number of hydrogen-bond acceptors (Lipinski definition) is 9. The SMILES string of the molecule is COC(=O)C=CCOc1ccc2ccccc2c1C(NCCCNc1n[nH]c(=O)c2ccccc12)C(C)(C)C(=O)OC. The number of aromatic nitrogens is 2. The van der Waals surface area contributed by atoms with Crippen molar-refractivity contribution in [1.82, 2.24) is 15.5 Å². The minimum absolute atomic E-state index is 0.135. The van der Waals surface area contributed by atoms with Gasteiger partial charge in [0.05, 0.1) is 31.1 Å². The zero-order valence-corrected chi connectivity index (χ0v) is 24.2. The first-order chi connectivity index (χ1) is 20.3. The number of nitrogens with one attached hydrogen (secondary N) is 3. The Labute approximate surface area is 244 Å². The average molecular weight is 573 g/mol. The summed E-state index contributed by atoms with van der Waals surface area (Å²) in [6.07, 6.45) is 3.58. The van der Waals surface area contributed by atoms with Crippen LogP contribution in [-0.4, -0.2) is 56.1 Å². The van der Waals surface area contributed by atoms with Gasteiger partial charge in [0.1, 0.15) is 12.4 Å². The van der Waals surface area contributed by atoms with Crippen LogP contribution in [0.25, 0.3) is 21.5 Å². The lowest BCUT2D eigenvalue weighted by atomic mass is 9.78. The predicted molar refractivity (Wildman–Crippen MR) is 163 cm³/mol. The molecule has 0 radical (unpaired) electrons. The molecule has 0 saturated carbocycles. The van der Waals surface area contributed by atoms with E-state index in [4.69, 9.17) is 9.47 Å². The van der Waals surface area contributed by atoms with E-state index in [1.165, 1.54) is 20.3 Å². The van der Waals surface area contributed by atoms with E-state index in [0.29, 0.717) is 36.5 Å². The molecule has 10 nitrogen and oxygen atoms in total. The topological polar surface area (TPSA) is 132 Å². The highest BCUT2D eigenvalue weighted by Crippen LogP contribution is 2.42. The van der Waals surface area contributed by atoms with Gasteiger partial charge in [0, 0.05) is 23.6 Å². The summed E-state index contributed by atoms with van der Waals surface area (Å²) in [5, 5.41) is 16.8. The molecule has 4 aromatic rings. The Balaban J connectivity index is 1.58. The maximum atomic E-state index is 13.1. The first-order valence-corrected chi connectivity index (χ1v) is 13.7. The summed E-state index contributed by atoms with van der Waals surface area (Å²) in [4.78, 5) is 36.7. The molecule has 4 rings (SSSR count). The summed E-state index contributed by atoms with van der Waals surface area (Å²) < 4.78 is 16.0. The van der Waals surface area contributed by atoms with Crippen LogP contribution >= 0.6 is 0 Å². The second-order valence-corrected chi connectivity index (χ2v) is 10.3. The molecule has 220 valence electrons. The second kappa shape index (κ2) is 13.8. The summed E-state index contributed by atoms with van der Waals surface area (Å²) >= 11 is 0. The molecular formula is C32H36N4O6. The van der Waals surface area contributed by atoms with Gasteiger partial charge < -0.3 is 24.8 Å². The highest BCUT2D eigenvalue weighted by atomic mass is 16.5. The van der Waals surface area contributed by atoms with Crippen molar-refractivity contribution in [1.29, 1.82) is 0 Å². The molecule has 0 aliphatic rings. The number of methoxy groups -OCH3 is 2. The summed E-state index contributed by atoms with van der Waals surface area (Å²) in [5.74, 6) is 0.343. The number of benzene rings is 3. The van der Waals surface area contributed by atoms with Gasteiger partial charge in [-0.1, -0.05) is 48.5 Å². The Hall–Kier alpha value is -4.70. The maximum absolute atomic E-state index is 13.1. The van der Waals surface area contributed by atoms with Gasteiger partial charge in [-0.15, -0.1) is 0 Å². The van der Waals surface area contributed by atoms with E-state index < -0.39 is 17.4 Å². The first kappa shape index (κ1) is 30.3. The van der Waals surface area contributed by atoms with E-state index in [0.717, 1.165) is 21.7 Å². The average Bonchev–Trinajstić information content (AvgIpc) is 3.01. The lowest BCUT2D eigenvalue weighted by Gasteiger charge is -2.35. The van der Waals surface area contributed by atoms with E-state index in [-0.39, 0.29) is 18.1 Å². The van der Waals surface area contributed by atoms with Crippen molar-refractivity contribution in [3.05, 3.63) is 88.7 Å². The molecule has 0 saturated heterocycles. The van der Waals surface area contributed by atoms with Gasteiger partial charge in [-0.25, -0.2) is 9.89 Å². The molecule has 3 N–H and O–H groups in total. The third-order valence-corrected chi connectivity index (χ3v) is 7.13. The molecule has 0 aliphatic heterocycles. The van der Waals surface area contributed by atoms with E-state index in [2.05, 4.69) is 25.6 Å². The first-order valence-electron chi connectivity index (χ1n) is 13.7. The van der Waals surface area contributed by atoms with Crippen LogP contribution in [-0.2, 0) is 19.1 Å². The van der Waals surface area contributed by atoms with Crippen molar-refractivity contribution in [2.75, 3.05) is 39.2 Å². The zero-order valence-electron chi connectivity index (χ0n) is 24.2. The monoisotopic (exact) mass is 572 g/mol. The van der Waals surface area contributed by atoms with Gasteiger partial charge in [0.2, 0.25) is 0 Å². The van der Waals surface area contributed by atoms with E-state index >= 15 is 0 Å². The minimum atomic E-state index is -0.969. The zero-order chi connectivity index (χ0) is 30.1. The summed E-state index contributed by atoms with van der Waals surface area (Å²) in [6, 6.07) is 18.6. The molecule has 3 aromatic carbocycles. The molecular weight excluding hydrogens is 536 g/mol. The minimum Gasteiger partial charge on any atom is -0.489 e. The fourth-order valence-electron chi connectivity index (χ4n) is 4.94. The number of hydrogen-bond donors (Lipinski definition) is 3. The lowest BCUT2D eigenvalue weighted by molar-refractivity contribution is -0.152. The second-order valence-electron chi connectivity index (χ2n) is 10.3. The standard InChI is InChI=1S/C32H36N4O6/c1-32(2,31(39)41-4)28(33-18-10-19-34-29-23-13-7-8-14-24(23)30(38)36-35-29)27-22-12-6-5-11-21(22)16-17-25(27)42-20-9-15-26(37)40-3/h5-9,11-17,28,33H,10,18-20H2,1-4H3,(H,34,35)(H,36,38). The summed E-state index contributed by atoms with van der Waals surface area (Å²) in [5.41, 5.74) is -0.390. The Bertz CT molecular complexity index is 1650. The molecule has 0 fully saturated rings. The summed E-state index contributed by atoms with van der Waals surface area (Å²) in [7, 11) is 2.69. The van der Waals surface area contributed by atoms with Gasteiger partial charge in [-0.3, -0.25) is 9.59 Å². The van der Waals surface area contributed by atoms with Crippen LogP contribution in [0.15, 0.2) is 77.6 Å². The quantitative estimate of drug-likeness (QED) is 0.120. The number of carbonyl (C=O) groups excluding carboxylic acids is 2. The molecule has 1 aromatic heterocycles. The van der Waals surface area contributed by atoms with E-state index in [1.807, 2.05) is 68.4 Å².